The summed E-state index contributed by atoms with van der Waals surface area (Å²) >= 11 is 7.31. The lowest BCUT2D eigenvalue weighted by molar-refractivity contribution is 0.202. The molecule has 0 bridgehead atoms. The minimum absolute atomic E-state index is 0.0565. The maximum atomic E-state index is 11.8. The molecule has 0 aromatic carbocycles. The van der Waals surface area contributed by atoms with Crippen molar-refractivity contribution in [1.29, 1.82) is 0 Å². The van der Waals surface area contributed by atoms with Crippen LogP contribution in [0.3, 0.4) is 0 Å². The summed E-state index contributed by atoms with van der Waals surface area (Å²) in [7, 11) is -2.94. The van der Waals surface area contributed by atoms with E-state index in [-0.39, 0.29) is 30.6 Å². The van der Waals surface area contributed by atoms with Crippen LogP contribution in [0.1, 0.15) is 4.88 Å². The molecule has 1 aliphatic heterocycles. The van der Waals surface area contributed by atoms with Crippen molar-refractivity contribution in [2.75, 3.05) is 31.1 Å². The van der Waals surface area contributed by atoms with E-state index >= 15 is 0 Å². The molecular weight excluding hydrogens is 308 g/mol. The first kappa shape index (κ1) is 14.6. The fourth-order valence-electron chi connectivity index (χ4n) is 1.81. The summed E-state index contributed by atoms with van der Waals surface area (Å²) in [5, 5.41) is 2.79. The van der Waals surface area contributed by atoms with E-state index < -0.39 is 9.84 Å². The average molecular weight is 323 g/mol. The molecule has 2 rings (SSSR count). The quantitative estimate of drug-likeness (QED) is 0.914. The Hall–Kier alpha value is -0.790. The minimum Gasteiger partial charge on any atom is -0.338 e. The van der Waals surface area contributed by atoms with Crippen molar-refractivity contribution >= 4 is 38.8 Å². The molecule has 106 valence electrons. The predicted molar refractivity (Wildman–Crippen MR) is 76.7 cm³/mol. The molecule has 5 nitrogen and oxygen atoms in total. The van der Waals surface area contributed by atoms with Crippen molar-refractivity contribution in [3.63, 3.8) is 0 Å². The van der Waals surface area contributed by atoms with E-state index in [2.05, 4.69) is 5.32 Å². The summed E-state index contributed by atoms with van der Waals surface area (Å²) in [5.74, 6) is 0.113. The Morgan fingerprint density at radius 1 is 1.37 bits per heavy atom. The van der Waals surface area contributed by atoms with Gasteiger partial charge in [0.05, 0.1) is 15.8 Å². The standard InChI is InChI=1S/C11H15ClN2O3S2/c12-10-2-1-9(18-10)3-4-13-11(15)14-5-7-19(16,17)8-6-14/h1-2H,3-8H2,(H,13,15). The average Bonchev–Trinajstić information content (AvgIpc) is 2.75. The van der Waals surface area contributed by atoms with Crippen molar-refractivity contribution in [3.05, 3.63) is 21.3 Å². The minimum atomic E-state index is -2.94. The van der Waals surface area contributed by atoms with Gasteiger partial charge < -0.3 is 10.2 Å². The van der Waals surface area contributed by atoms with Crippen LogP contribution >= 0.6 is 22.9 Å². The monoisotopic (exact) mass is 322 g/mol. The van der Waals surface area contributed by atoms with E-state index in [1.807, 2.05) is 12.1 Å². The first-order valence-electron chi connectivity index (χ1n) is 5.94. The number of sulfone groups is 1. The third-order valence-electron chi connectivity index (χ3n) is 2.91. The molecule has 2 heterocycles. The lowest BCUT2D eigenvalue weighted by Crippen LogP contribution is -2.48. The number of hydrogen-bond donors (Lipinski definition) is 1. The lowest BCUT2D eigenvalue weighted by Gasteiger charge is -2.26. The SMILES string of the molecule is O=C(NCCc1ccc(Cl)s1)N1CCS(=O)(=O)CC1. The third-order valence-corrected chi connectivity index (χ3v) is 5.81. The molecule has 0 aliphatic carbocycles. The highest BCUT2D eigenvalue weighted by molar-refractivity contribution is 7.91. The predicted octanol–water partition coefficient (Wildman–Crippen LogP) is 1.38. The molecule has 1 aromatic heterocycles. The molecule has 0 unspecified atom stereocenters. The second-order valence-corrected chi connectivity index (χ2v) is 8.43. The maximum absolute atomic E-state index is 11.8. The molecule has 1 N–H and O–H groups in total. The summed E-state index contributed by atoms with van der Waals surface area (Å²) in [6.45, 7) is 1.08. The number of nitrogens with zero attached hydrogens (tertiary/aromatic N) is 1. The molecule has 1 fully saturated rings. The van der Waals surface area contributed by atoms with Gasteiger partial charge in [-0.1, -0.05) is 11.6 Å². The smallest absolute Gasteiger partial charge is 0.317 e. The molecule has 1 aromatic rings. The van der Waals surface area contributed by atoms with Gasteiger partial charge in [0.25, 0.3) is 0 Å². The number of thiophene rings is 1. The van der Waals surface area contributed by atoms with E-state index in [0.29, 0.717) is 6.54 Å². The molecule has 1 saturated heterocycles. The molecule has 1 aliphatic rings. The molecule has 0 atom stereocenters. The van der Waals surface area contributed by atoms with Crippen LogP contribution in [0.2, 0.25) is 4.34 Å². The highest BCUT2D eigenvalue weighted by atomic mass is 35.5. The van der Waals surface area contributed by atoms with Crippen LogP contribution in [0.4, 0.5) is 4.79 Å². The Morgan fingerprint density at radius 3 is 2.63 bits per heavy atom. The fraction of sp³-hybridized carbons (Fsp3) is 0.545. The molecule has 0 saturated carbocycles. The van der Waals surface area contributed by atoms with Crippen molar-refractivity contribution in [2.45, 2.75) is 6.42 Å². The largest absolute Gasteiger partial charge is 0.338 e. The van der Waals surface area contributed by atoms with Crippen molar-refractivity contribution in [1.82, 2.24) is 10.2 Å². The summed E-state index contributed by atoms with van der Waals surface area (Å²) in [6.07, 6.45) is 0.731. The number of rotatable bonds is 3. The highest BCUT2D eigenvalue weighted by Gasteiger charge is 2.24. The fourth-order valence-corrected chi connectivity index (χ4v) is 4.09. The van der Waals surface area contributed by atoms with Crippen LogP contribution < -0.4 is 5.32 Å². The van der Waals surface area contributed by atoms with Gasteiger partial charge >= 0.3 is 6.03 Å². The number of carbonyl (C=O) groups excluding carboxylic acids is 1. The van der Waals surface area contributed by atoms with Crippen molar-refractivity contribution in [3.8, 4) is 0 Å². The van der Waals surface area contributed by atoms with Gasteiger partial charge in [-0.25, -0.2) is 13.2 Å². The van der Waals surface area contributed by atoms with Crippen LogP contribution in [-0.2, 0) is 16.3 Å². The number of urea groups is 1. The summed E-state index contributed by atoms with van der Waals surface area (Å²) in [4.78, 5) is 14.5. The van der Waals surface area contributed by atoms with Gasteiger partial charge in [0.2, 0.25) is 0 Å². The Labute approximate surface area is 121 Å². The third kappa shape index (κ3) is 4.36. The topological polar surface area (TPSA) is 66.5 Å². The first-order valence-corrected chi connectivity index (χ1v) is 8.95. The lowest BCUT2D eigenvalue weighted by atomic mass is 10.3. The van der Waals surface area contributed by atoms with Gasteiger partial charge in [0, 0.05) is 24.5 Å². The van der Waals surface area contributed by atoms with Crippen molar-refractivity contribution in [2.24, 2.45) is 0 Å². The number of halogens is 1. The van der Waals surface area contributed by atoms with E-state index in [4.69, 9.17) is 11.6 Å². The molecule has 8 heteroatoms. The number of carbonyl (C=O) groups is 1. The summed E-state index contributed by atoms with van der Waals surface area (Å²) in [5.41, 5.74) is 0. The van der Waals surface area contributed by atoms with E-state index in [1.165, 1.54) is 11.3 Å². The van der Waals surface area contributed by atoms with Crippen LogP contribution in [0, 0.1) is 0 Å². The Balaban J connectivity index is 1.73. The number of amides is 2. The first-order chi connectivity index (χ1) is 8.96. The van der Waals surface area contributed by atoms with E-state index in [1.54, 1.807) is 4.90 Å². The molecule has 0 spiro atoms. The maximum Gasteiger partial charge on any atom is 0.317 e. The van der Waals surface area contributed by atoms with Crippen LogP contribution in [0.5, 0.6) is 0 Å². The van der Waals surface area contributed by atoms with Crippen LogP contribution in [0.15, 0.2) is 12.1 Å². The second kappa shape index (κ2) is 6.11. The van der Waals surface area contributed by atoms with E-state index in [0.717, 1.165) is 15.6 Å². The van der Waals surface area contributed by atoms with Gasteiger partial charge in [0.1, 0.15) is 0 Å². The van der Waals surface area contributed by atoms with Gasteiger partial charge in [-0.05, 0) is 18.6 Å². The van der Waals surface area contributed by atoms with Gasteiger partial charge in [-0.3, -0.25) is 0 Å². The molecular formula is C11H15ClN2O3S2. The van der Waals surface area contributed by atoms with Crippen LogP contribution in [0.25, 0.3) is 0 Å². The summed E-state index contributed by atoms with van der Waals surface area (Å²) < 4.78 is 23.2. The Bertz CT molecular complexity index is 542. The Kier molecular flexibility index (Phi) is 4.70. The number of hydrogen-bond acceptors (Lipinski definition) is 4. The molecule has 19 heavy (non-hydrogen) atoms. The van der Waals surface area contributed by atoms with Crippen LogP contribution in [-0.4, -0.2) is 50.5 Å². The molecule has 0 radical (unpaired) electrons. The van der Waals surface area contributed by atoms with Gasteiger partial charge in [0.15, 0.2) is 9.84 Å². The van der Waals surface area contributed by atoms with Gasteiger partial charge in [-0.2, -0.15) is 0 Å². The summed E-state index contributed by atoms with van der Waals surface area (Å²) in [6, 6.07) is 3.57. The zero-order chi connectivity index (χ0) is 13.9. The van der Waals surface area contributed by atoms with Crippen molar-refractivity contribution < 1.29 is 13.2 Å². The van der Waals surface area contributed by atoms with Gasteiger partial charge in [-0.15, -0.1) is 11.3 Å². The zero-order valence-corrected chi connectivity index (χ0v) is 12.7. The van der Waals surface area contributed by atoms with E-state index in [9.17, 15) is 13.2 Å². The second-order valence-electron chi connectivity index (χ2n) is 4.33. The molecule has 2 amide bonds. The normalized spacial score (nSPS) is 18.3. The zero-order valence-electron chi connectivity index (χ0n) is 10.3. The number of nitrogens with one attached hydrogen (secondary N) is 1. The highest BCUT2D eigenvalue weighted by Crippen LogP contribution is 2.21. The Morgan fingerprint density at radius 2 is 2.05 bits per heavy atom.